The molecule has 2 aromatic carbocycles. The molecular formula is C29H31ClN2O4. The van der Waals surface area contributed by atoms with Gasteiger partial charge in [-0.25, -0.2) is 9.59 Å². The Morgan fingerprint density at radius 1 is 1.03 bits per heavy atom. The van der Waals surface area contributed by atoms with E-state index in [2.05, 4.69) is 29.2 Å². The quantitative estimate of drug-likeness (QED) is 0.354. The average molecular weight is 507 g/mol. The summed E-state index contributed by atoms with van der Waals surface area (Å²) >= 11 is 6.06. The third-order valence-electron chi connectivity index (χ3n) is 6.24. The zero-order chi connectivity index (χ0) is 25.9. The van der Waals surface area contributed by atoms with E-state index in [1.54, 1.807) is 46.3 Å². The molecule has 188 valence electrons. The number of rotatable bonds is 7. The van der Waals surface area contributed by atoms with Gasteiger partial charge in [0.2, 0.25) is 0 Å². The first-order valence-electron chi connectivity index (χ1n) is 12.0. The zero-order valence-corrected chi connectivity index (χ0v) is 21.8. The van der Waals surface area contributed by atoms with Crippen LogP contribution in [0.3, 0.4) is 0 Å². The molecule has 6 nitrogen and oxygen atoms in total. The van der Waals surface area contributed by atoms with Gasteiger partial charge in [-0.3, -0.25) is 9.88 Å². The number of esters is 1. The molecule has 1 aromatic heterocycles. The minimum absolute atomic E-state index is 0.0627. The lowest BCUT2D eigenvalue weighted by atomic mass is 9.98. The number of pyridine rings is 1. The first-order chi connectivity index (χ1) is 17.1. The minimum Gasteiger partial charge on any atom is -0.458 e. The van der Waals surface area contributed by atoms with Crippen LogP contribution in [0.2, 0.25) is 5.02 Å². The minimum atomic E-state index is -0.821. The summed E-state index contributed by atoms with van der Waals surface area (Å²) in [7, 11) is 1.57. The van der Waals surface area contributed by atoms with E-state index in [1.165, 1.54) is 4.90 Å². The Kier molecular flexibility index (Phi) is 7.65. The van der Waals surface area contributed by atoms with Gasteiger partial charge in [0, 0.05) is 25.4 Å². The Bertz CT molecular complexity index is 1210. The fourth-order valence-electron chi connectivity index (χ4n) is 4.56. The number of hydrogen-bond acceptors (Lipinski definition) is 5. The van der Waals surface area contributed by atoms with Gasteiger partial charge in [0.25, 0.3) is 0 Å². The van der Waals surface area contributed by atoms with Crippen molar-refractivity contribution in [1.82, 2.24) is 9.88 Å². The number of benzene rings is 2. The number of fused-ring (bicyclic) bond motifs is 3. The molecule has 1 heterocycles. The molecule has 7 heteroatoms. The van der Waals surface area contributed by atoms with E-state index in [0.717, 1.165) is 27.8 Å². The molecule has 0 radical (unpaired) electrons. The number of likely N-dealkylation sites (N-methyl/N-ethyl adjacent to an activating group) is 1. The second-order valence-electron chi connectivity index (χ2n) is 10.0. The van der Waals surface area contributed by atoms with Crippen LogP contribution >= 0.6 is 11.6 Å². The Hall–Kier alpha value is -3.38. The average Bonchev–Trinajstić information content (AvgIpc) is 3.15. The summed E-state index contributed by atoms with van der Waals surface area (Å²) in [5.41, 5.74) is 4.76. The lowest BCUT2D eigenvalue weighted by Gasteiger charge is -2.30. The zero-order valence-electron chi connectivity index (χ0n) is 21.0. The van der Waals surface area contributed by atoms with Crippen LogP contribution < -0.4 is 0 Å². The number of carbonyl (C=O) groups excluding carboxylic acids is 2. The van der Waals surface area contributed by atoms with Crippen LogP contribution in [0.1, 0.15) is 49.8 Å². The van der Waals surface area contributed by atoms with Gasteiger partial charge >= 0.3 is 12.1 Å². The van der Waals surface area contributed by atoms with Gasteiger partial charge in [-0.05, 0) is 67.5 Å². The van der Waals surface area contributed by atoms with Crippen molar-refractivity contribution >= 4 is 23.7 Å². The standard InChI is InChI=1S/C29H31ClN2O4/c1-29(2,3)36-27(33)26(14-13-19-15-20(30)17-31-16-19)32(4)28(34)35-18-25-23-11-7-5-9-21(23)22-10-6-8-12-24(22)25/h5-12,15-17,25-26H,13-14,18H2,1-4H3. The predicted octanol–water partition coefficient (Wildman–Crippen LogP) is 6.26. The molecule has 1 aliphatic carbocycles. The largest absolute Gasteiger partial charge is 0.458 e. The fourth-order valence-corrected chi connectivity index (χ4v) is 4.75. The van der Waals surface area contributed by atoms with Crippen molar-refractivity contribution < 1.29 is 19.1 Å². The Morgan fingerprint density at radius 3 is 2.22 bits per heavy atom. The molecular weight excluding hydrogens is 476 g/mol. The van der Waals surface area contributed by atoms with Gasteiger partial charge in [0.1, 0.15) is 18.2 Å². The Balaban J connectivity index is 1.48. The van der Waals surface area contributed by atoms with Crippen molar-refractivity contribution in [3.63, 3.8) is 0 Å². The molecule has 0 aliphatic heterocycles. The van der Waals surface area contributed by atoms with Crippen LogP contribution in [0.4, 0.5) is 4.79 Å². The summed E-state index contributed by atoms with van der Waals surface area (Å²) in [6.07, 6.45) is 3.53. The first-order valence-corrected chi connectivity index (χ1v) is 12.4. The topological polar surface area (TPSA) is 68.7 Å². The lowest BCUT2D eigenvalue weighted by Crippen LogP contribution is -2.46. The predicted molar refractivity (Wildman–Crippen MR) is 140 cm³/mol. The SMILES string of the molecule is CN(C(=O)OCC1c2ccccc2-c2ccccc21)C(CCc1cncc(Cl)c1)C(=O)OC(C)(C)C. The van der Waals surface area contributed by atoms with Crippen molar-refractivity contribution in [1.29, 1.82) is 0 Å². The number of aryl methyl sites for hydroxylation is 1. The highest BCUT2D eigenvalue weighted by Crippen LogP contribution is 2.44. The van der Waals surface area contributed by atoms with Crippen LogP contribution in [0.15, 0.2) is 67.0 Å². The number of ether oxygens (including phenoxy) is 2. The number of halogens is 1. The van der Waals surface area contributed by atoms with Crippen LogP contribution in [0.25, 0.3) is 11.1 Å². The molecule has 1 aliphatic rings. The lowest BCUT2D eigenvalue weighted by molar-refractivity contribution is -0.160. The second kappa shape index (κ2) is 10.7. The summed E-state index contributed by atoms with van der Waals surface area (Å²) < 4.78 is 11.4. The third kappa shape index (κ3) is 5.88. The van der Waals surface area contributed by atoms with E-state index in [9.17, 15) is 9.59 Å². The summed E-state index contributed by atoms with van der Waals surface area (Å²) in [4.78, 5) is 31.7. The van der Waals surface area contributed by atoms with E-state index in [-0.39, 0.29) is 12.5 Å². The number of carbonyl (C=O) groups is 2. The second-order valence-corrected chi connectivity index (χ2v) is 10.5. The molecule has 1 amide bonds. The van der Waals surface area contributed by atoms with E-state index < -0.39 is 23.7 Å². The molecule has 3 aromatic rings. The highest BCUT2D eigenvalue weighted by Gasteiger charge is 2.34. The van der Waals surface area contributed by atoms with E-state index >= 15 is 0 Å². The fraction of sp³-hybridized carbons (Fsp3) is 0.345. The van der Waals surface area contributed by atoms with Crippen LogP contribution in [0, 0.1) is 0 Å². The normalized spacial score (nSPS) is 13.5. The molecule has 0 spiro atoms. The summed E-state index contributed by atoms with van der Waals surface area (Å²) in [6, 6.07) is 17.3. The number of nitrogens with zero attached hydrogens (tertiary/aromatic N) is 2. The van der Waals surface area contributed by atoms with Crippen molar-refractivity contribution in [2.24, 2.45) is 0 Å². The molecule has 1 unspecified atom stereocenters. The number of hydrogen-bond donors (Lipinski definition) is 0. The molecule has 0 N–H and O–H groups in total. The maximum atomic E-state index is 13.2. The Labute approximate surface area is 217 Å². The molecule has 0 fully saturated rings. The first kappa shape index (κ1) is 25.7. The van der Waals surface area contributed by atoms with Gasteiger partial charge in [-0.15, -0.1) is 0 Å². The van der Waals surface area contributed by atoms with E-state index in [1.807, 2.05) is 24.3 Å². The molecule has 0 saturated carbocycles. The smallest absolute Gasteiger partial charge is 0.410 e. The van der Waals surface area contributed by atoms with Crippen LogP contribution in [-0.2, 0) is 20.7 Å². The van der Waals surface area contributed by atoms with Gasteiger partial charge in [-0.1, -0.05) is 60.1 Å². The van der Waals surface area contributed by atoms with Crippen LogP contribution in [0.5, 0.6) is 0 Å². The highest BCUT2D eigenvalue weighted by atomic mass is 35.5. The van der Waals surface area contributed by atoms with Crippen molar-refractivity contribution in [3.8, 4) is 11.1 Å². The van der Waals surface area contributed by atoms with Crippen LogP contribution in [-0.4, -0.2) is 47.2 Å². The Morgan fingerprint density at radius 2 is 1.64 bits per heavy atom. The monoisotopic (exact) mass is 506 g/mol. The van der Waals surface area contributed by atoms with Gasteiger partial charge in [-0.2, -0.15) is 0 Å². The number of amides is 1. The van der Waals surface area contributed by atoms with Crippen molar-refractivity contribution in [3.05, 3.63) is 88.7 Å². The van der Waals surface area contributed by atoms with Gasteiger partial charge in [0.05, 0.1) is 5.02 Å². The molecule has 36 heavy (non-hydrogen) atoms. The van der Waals surface area contributed by atoms with Crippen molar-refractivity contribution in [2.45, 2.75) is 51.2 Å². The van der Waals surface area contributed by atoms with Crippen molar-refractivity contribution in [2.75, 3.05) is 13.7 Å². The number of aromatic nitrogens is 1. The highest BCUT2D eigenvalue weighted by molar-refractivity contribution is 6.30. The summed E-state index contributed by atoms with van der Waals surface area (Å²) in [6.45, 7) is 5.58. The molecule has 4 rings (SSSR count). The maximum absolute atomic E-state index is 13.2. The maximum Gasteiger partial charge on any atom is 0.410 e. The molecule has 1 atom stereocenters. The van der Waals surface area contributed by atoms with E-state index in [0.29, 0.717) is 17.9 Å². The van der Waals surface area contributed by atoms with E-state index in [4.69, 9.17) is 21.1 Å². The third-order valence-corrected chi connectivity index (χ3v) is 6.45. The molecule has 0 bridgehead atoms. The molecule has 0 saturated heterocycles. The van der Waals surface area contributed by atoms with Gasteiger partial charge in [0.15, 0.2) is 0 Å². The summed E-state index contributed by atoms with van der Waals surface area (Å²) in [5, 5.41) is 0.520. The van der Waals surface area contributed by atoms with Gasteiger partial charge < -0.3 is 9.47 Å². The summed E-state index contributed by atoms with van der Waals surface area (Å²) in [5.74, 6) is -0.541.